The molecule has 1 fully saturated rings. The molecule has 20 heavy (non-hydrogen) atoms. The molecule has 0 saturated carbocycles. The normalized spacial score (nSPS) is 21.9. The molecule has 1 aromatic rings. The van der Waals surface area contributed by atoms with Crippen LogP contribution in [0.1, 0.15) is 24.2 Å². The summed E-state index contributed by atoms with van der Waals surface area (Å²) in [5.41, 5.74) is 0.0798. The van der Waals surface area contributed by atoms with E-state index in [4.69, 9.17) is 4.74 Å². The Balaban J connectivity index is 2.23. The summed E-state index contributed by atoms with van der Waals surface area (Å²) in [4.78, 5) is 14.3. The van der Waals surface area contributed by atoms with Gasteiger partial charge >= 0.3 is 0 Å². The fourth-order valence-electron chi connectivity index (χ4n) is 2.36. The predicted molar refractivity (Wildman–Crippen MR) is 82.7 cm³/mol. The lowest BCUT2D eigenvalue weighted by atomic mass is 10.0. The lowest BCUT2D eigenvalue weighted by molar-refractivity contribution is -0.116. The average Bonchev–Trinajstić information content (AvgIpc) is 2.36. The fraction of sp³-hybridized carbons (Fsp3) is 0.500. The molecule has 1 aliphatic heterocycles. The van der Waals surface area contributed by atoms with Crippen molar-refractivity contribution in [3.63, 3.8) is 0 Å². The summed E-state index contributed by atoms with van der Waals surface area (Å²) in [6, 6.07) is 4.11. The molecule has 1 saturated heterocycles. The second kappa shape index (κ2) is 6.12. The number of ether oxygens (including phenoxy) is 1. The van der Waals surface area contributed by atoms with E-state index in [0.29, 0.717) is 28.5 Å². The number of carbonyl (C=O) groups excluding carboxylic acids is 1. The monoisotopic (exact) mass is 407 g/mol. The highest BCUT2D eigenvalue weighted by Crippen LogP contribution is 2.26. The van der Waals surface area contributed by atoms with Crippen LogP contribution >= 0.6 is 31.9 Å². The molecule has 0 bridgehead atoms. The summed E-state index contributed by atoms with van der Waals surface area (Å²) < 4.78 is 19.5. The zero-order chi connectivity index (χ0) is 14.9. The number of alkyl halides is 1. The molecular weight excluding hydrogens is 393 g/mol. The molecule has 3 nitrogen and oxygen atoms in total. The van der Waals surface area contributed by atoms with Crippen molar-refractivity contribution in [3.05, 3.63) is 34.1 Å². The third-order valence-electron chi connectivity index (χ3n) is 3.10. The molecule has 0 aromatic heterocycles. The first kappa shape index (κ1) is 15.9. The Morgan fingerprint density at radius 1 is 1.55 bits per heavy atom. The van der Waals surface area contributed by atoms with Crippen molar-refractivity contribution < 1.29 is 13.9 Å². The van der Waals surface area contributed by atoms with Gasteiger partial charge in [0.15, 0.2) is 0 Å². The van der Waals surface area contributed by atoms with Crippen LogP contribution in [-0.2, 0) is 4.74 Å². The van der Waals surface area contributed by atoms with Crippen molar-refractivity contribution in [2.24, 2.45) is 0 Å². The Hall–Kier alpha value is -0.460. The van der Waals surface area contributed by atoms with E-state index in [-0.39, 0.29) is 17.8 Å². The van der Waals surface area contributed by atoms with Crippen molar-refractivity contribution in [3.8, 4) is 0 Å². The molecule has 6 heteroatoms. The number of carbonyl (C=O) groups is 1. The minimum atomic E-state index is -0.390. The van der Waals surface area contributed by atoms with Gasteiger partial charge in [-0.2, -0.15) is 0 Å². The third-order valence-corrected chi connectivity index (χ3v) is 4.48. The Morgan fingerprint density at radius 3 is 2.85 bits per heavy atom. The van der Waals surface area contributed by atoms with Gasteiger partial charge in [0.25, 0.3) is 5.91 Å². The number of benzene rings is 1. The van der Waals surface area contributed by atoms with Crippen LogP contribution in [0.25, 0.3) is 0 Å². The third kappa shape index (κ3) is 3.59. The van der Waals surface area contributed by atoms with Gasteiger partial charge in [-0.3, -0.25) is 4.79 Å². The van der Waals surface area contributed by atoms with E-state index in [1.165, 1.54) is 18.2 Å². The van der Waals surface area contributed by atoms with Crippen molar-refractivity contribution in [1.82, 2.24) is 4.90 Å². The molecule has 0 radical (unpaired) electrons. The van der Waals surface area contributed by atoms with Crippen molar-refractivity contribution in [1.29, 1.82) is 0 Å². The van der Waals surface area contributed by atoms with Crippen LogP contribution in [-0.4, -0.2) is 40.9 Å². The fourth-order valence-corrected chi connectivity index (χ4v) is 3.22. The quantitative estimate of drug-likeness (QED) is 0.699. The maximum atomic E-state index is 13.1. The molecule has 1 heterocycles. The molecule has 2 rings (SSSR count). The van der Waals surface area contributed by atoms with Crippen LogP contribution in [0.2, 0.25) is 0 Å². The van der Waals surface area contributed by atoms with E-state index in [2.05, 4.69) is 31.9 Å². The average molecular weight is 409 g/mol. The van der Waals surface area contributed by atoms with Crippen molar-refractivity contribution in [2.75, 3.05) is 18.4 Å². The van der Waals surface area contributed by atoms with Crippen LogP contribution in [0, 0.1) is 5.82 Å². The molecule has 1 aromatic carbocycles. The summed E-state index contributed by atoms with van der Waals surface area (Å²) in [5, 5.41) is 0.671. The molecule has 0 N–H and O–H groups in total. The van der Waals surface area contributed by atoms with E-state index in [9.17, 15) is 9.18 Å². The summed E-state index contributed by atoms with van der Waals surface area (Å²) in [6.45, 7) is 4.96. The molecular formula is C14H16Br2FNO2. The van der Waals surface area contributed by atoms with E-state index >= 15 is 0 Å². The predicted octanol–water partition coefficient (Wildman–Crippen LogP) is 3.60. The van der Waals surface area contributed by atoms with Gasteiger partial charge in [0.2, 0.25) is 0 Å². The van der Waals surface area contributed by atoms with Gasteiger partial charge in [-0.15, -0.1) is 0 Å². The first-order chi connectivity index (χ1) is 9.32. The van der Waals surface area contributed by atoms with E-state index in [1.807, 2.05) is 13.8 Å². The Morgan fingerprint density at radius 2 is 2.25 bits per heavy atom. The van der Waals surface area contributed by atoms with Crippen molar-refractivity contribution >= 4 is 37.8 Å². The lowest BCUT2D eigenvalue weighted by Gasteiger charge is -2.42. The van der Waals surface area contributed by atoms with Gasteiger partial charge < -0.3 is 9.64 Å². The van der Waals surface area contributed by atoms with Crippen LogP contribution < -0.4 is 0 Å². The van der Waals surface area contributed by atoms with Gasteiger partial charge in [0.1, 0.15) is 5.82 Å². The SMILES string of the molecule is CC1(C)CN(C(=O)c2ccc(F)cc2Br)CC(CBr)O1. The molecule has 1 aliphatic rings. The van der Waals surface area contributed by atoms with Crippen LogP contribution in [0.15, 0.2) is 22.7 Å². The number of morpholine rings is 1. The molecule has 1 atom stereocenters. The first-order valence-corrected chi connectivity index (χ1v) is 8.22. The van der Waals surface area contributed by atoms with Gasteiger partial charge in [-0.05, 0) is 48.0 Å². The van der Waals surface area contributed by atoms with Gasteiger partial charge in [0.05, 0.1) is 17.3 Å². The summed E-state index contributed by atoms with van der Waals surface area (Å²) >= 11 is 6.64. The molecule has 0 spiro atoms. The lowest BCUT2D eigenvalue weighted by Crippen LogP contribution is -2.55. The Kier molecular flexibility index (Phi) is 4.87. The minimum Gasteiger partial charge on any atom is -0.368 e. The number of hydrogen-bond acceptors (Lipinski definition) is 2. The Labute approximate surface area is 134 Å². The summed E-state index contributed by atoms with van der Waals surface area (Å²) in [6.07, 6.45) is -0.0399. The largest absolute Gasteiger partial charge is 0.368 e. The maximum absolute atomic E-state index is 13.1. The number of rotatable bonds is 2. The van der Waals surface area contributed by atoms with E-state index < -0.39 is 5.60 Å². The van der Waals surface area contributed by atoms with E-state index in [0.717, 1.165) is 0 Å². The number of amides is 1. The number of halogens is 3. The number of nitrogens with zero attached hydrogens (tertiary/aromatic N) is 1. The highest BCUT2D eigenvalue weighted by molar-refractivity contribution is 9.10. The topological polar surface area (TPSA) is 29.5 Å². The zero-order valence-electron chi connectivity index (χ0n) is 11.3. The smallest absolute Gasteiger partial charge is 0.255 e. The van der Waals surface area contributed by atoms with Gasteiger partial charge in [-0.1, -0.05) is 15.9 Å². The van der Waals surface area contributed by atoms with Gasteiger partial charge in [-0.25, -0.2) is 4.39 Å². The minimum absolute atomic E-state index is 0.0399. The molecule has 0 aliphatic carbocycles. The van der Waals surface area contributed by atoms with E-state index in [1.54, 1.807) is 4.90 Å². The second-order valence-electron chi connectivity index (χ2n) is 5.46. The zero-order valence-corrected chi connectivity index (χ0v) is 14.5. The molecule has 110 valence electrons. The number of hydrogen-bond donors (Lipinski definition) is 0. The highest BCUT2D eigenvalue weighted by Gasteiger charge is 2.35. The second-order valence-corrected chi connectivity index (χ2v) is 6.97. The van der Waals surface area contributed by atoms with Crippen LogP contribution in [0.3, 0.4) is 0 Å². The Bertz CT molecular complexity index is 522. The van der Waals surface area contributed by atoms with Crippen LogP contribution in [0.5, 0.6) is 0 Å². The molecule has 1 amide bonds. The molecule has 1 unspecified atom stereocenters. The standard InChI is InChI=1S/C14H16Br2FNO2/c1-14(2)8-18(7-10(6-15)20-14)13(19)11-4-3-9(17)5-12(11)16/h3-5,10H,6-8H2,1-2H3. The van der Waals surface area contributed by atoms with Crippen molar-refractivity contribution in [2.45, 2.75) is 25.6 Å². The van der Waals surface area contributed by atoms with Crippen LogP contribution in [0.4, 0.5) is 4.39 Å². The first-order valence-electron chi connectivity index (χ1n) is 6.30. The van der Waals surface area contributed by atoms with Gasteiger partial charge in [0, 0.05) is 22.9 Å². The summed E-state index contributed by atoms with van der Waals surface area (Å²) in [7, 11) is 0. The maximum Gasteiger partial charge on any atom is 0.255 e. The summed E-state index contributed by atoms with van der Waals surface area (Å²) in [5.74, 6) is -0.478. The highest BCUT2D eigenvalue weighted by atomic mass is 79.9.